The lowest BCUT2D eigenvalue weighted by molar-refractivity contribution is -0.126. The van der Waals surface area contributed by atoms with Crippen LogP contribution in [0.4, 0.5) is 0 Å². The van der Waals surface area contributed by atoms with E-state index in [0.717, 1.165) is 31.8 Å². The van der Waals surface area contributed by atoms with E-state index in [1.807, 2.05) is 19.1 Å². The molecule has 4 atom stereocenters. The molecule has 0 bridgehead atoms. The molecule has 3 heterocycles. The number of likely N-dealkylation sites (tertiary alicyclic amines) is 1. The molecule has 4 unspecified atom stereocenters. The minimum Gasteiger partial charge on any atom is -0.467 e. The monoisotopic (exact) mass is 291 g/mol. The summed E-state index contributed by atoms with van der Waals surface area (Å²) in [5.41, 5.74) is 0. The van der Waals surface area contributed by atoms with Crippen LogP contribution in [0, 0.1) is 11.8 Å². The highest BCUT2D eigenvalue weighted by molar-refractivity contribution is 5.81. The predicted molar refractivity (Wildman–Crippen MR) is 80.7 cm³/mol. The summed E-state index contributed by atoms with van der Waals surface area (Å²) in [5, 5.41) is 6.46. The maximum atomic E-state index is 12.4. The molecule has 0 spiro atoms. The van der Waals surface area contributed by atoms with E-state index in [2.05, 4.69) is 22.5 Å². The number of amides is 1. The Morgan fingerprint density at radius 3 is 3.14 bits per heavy atom. The molecule has 116 valence electrons. The summed E-state index contributed by atoms with van der Waals surface area (Å²) in [5.74, 6) is 2.30. The Morgan fingerprint density at radius 1 is 1.57 bits per heavy atom. The molecule has 2 saturated heterocycles. The number of hydrogen-bond acceptors (Lipinski definition) is 4. The number of furan rings is 1. The highest BCUT2D eigenvalue weighted by atomic mass is 16.3. The smallest absolute Gasteiger partial charge is 0.237 e. The van der Waals surface area contributed by atoms with Crippen molar-refractivity contribution < 1.29 is 9.21 Å². The summed E-state index contributed by atoms with van der Waals surface area (Å²) < 4.78 is 5.26. The Kier molecular flexibility index (Phi) is 4.31. The van der Waals surface area contributed by atoms with Crippen LogP contribution in [0.15, 0.2) is 22.8 Å². The van der Waals surface area contributed by atoms with Crippen LogP contribution in [-0.4, -0.2) is 42.5 Å². The van der Waals surface area contributed by atoms with Gasteiger partial charge in [0.15, 0.2) is 0 Å². The van der Waals surface area contributed by atoms with Crippen molar-refractivity contribution in [2.24, 2.45) is 11.8 Å². The van der Waals surface area contributed by atoms with Gasteiger partial charge in [-0.05, 0) is 50.4 Å². The number of carbonyl (C=O) groups excluding carboxylic acids is 1. The van der Waals surface area contributed by atoms with Crippen molar-refractivity contribution in [2.45, 2.75) is 38.9 Å². The molecule has 0 radical (unpaired) electrons. The molecule has 2 aliphatic heterocycles. The Morgan fingerprint density at radius 2 is 2.43 bits per heavy atom. The van der Waals surface area contributed by atoms with Crippen molar-refractivity contribution in [3.63, 3.8) is 0 Å². The van der Waals surface area contributed by atoms with Crippen LogP contribution < -0.4 is 10.6 Å². The molecule has 3 rings (SSSR count). The van der Waals surface area contributed by atoms with E-state index >= 15 is 0 Å². The molecule has 1 aromatic rings. The van der Waals surface area contributed by atoms with Gasteiger partial charge < -0.3 is 15.1 Å². The van der Waals surface area contributed by atoms with Crippen LogP contribution in [0.3, 0.4) is 0 Å². The first kappa shape index (κ1) is 14.6. The Balaban J connectivity index is 1.58. The minimum atomic E-state index is -0.0736. The van der Waals surface area contributed by atoms with E-state index in [1.165, 1.54) is 0 Å². The van der Waals surface area contributed by atoms with Gasteiger partial charge in [0.2, 0.25) is 5.91 Å². The predicted octanol–water partition coefficient (Wildman–Crippen LogP) is 1.21. The zero-order chi connectivity index (χ0) is 14.8. The summed E-state index contributed by atoms with van der Waals surface area (Å²) in [6.45, 7) is 7.94. The van der Waals surface area contributed by atoms with E-state index < -0.39 is 0 Å². The topological polar surface area (TPSA) is 57.5 Å². The average molecular weight is 291 g/mol. The number of nitrogens with zero attached hydrogens (tertiary/aromatic N) is 1. The Hall–Kier alpha value is -1.33. The first-order chi connectivity index (χ1) is 10.2. The lowest BCUT2D eigenvalue weighted by Gasteiger charge is -2.31. The first-order valence-electron chi connectivity index (χ1n) is 7.97. The zero-order valence-corrected chi connectivity index (χ0v) is 12.8. The molecule has 1 amide bonds. The van der Waals surface area contributed by atoms with Crippen LogP contribution in [0.1, 0.15) is 26.0 Å². The van der Waals surface area contributed by atoms with Gasteiger partial charge in [-0.2, -0.15) is 0 Å². The largest absolute Gasteiger partial charge is 0.467 e. The highest BCUT2D eigenvalue weighted by Crippen LogP contribution is 2.35. The molecule has 2 N–H and O–H groups in total. The third-order valence-corrected chi connectivity index (χ3v) is 5.07. The molecular formula is C16H25N3O2. The van der Waals surface area contributed by atoms with Crippen molar-refractivity contribution in [1.82, 2.24) is 15.5 Å². The number of hydrogen-bond donors (Lipinski definition) is 2. The number of nitrogens with one attached hydrogen (secondary N) is 2. The third kappa shape index (κ3) is 2.85. The van der Waals surface area contributed by atoms with Crippen LogP contribution in [0.2, 0.25) is 0 Å². The summed E-state index contributed by atoms with van der Waals surface area (Å²) in [6.07, 6.45) is 2.74. The lowest BCUT2D eigenvalue weighted by atomic mass is 9.92. The van der Waals surface area contributed by atoms with Crippen molar-refractivity contribution in [3.05, 3.63) is 24.2 Å². The lowest BCUT2D eigenvalue weighted by Crippen LogP contribution is -2.48. The second kappa shape index (κ2) is 6.20. The Labute approximate surface area is 126 Å². The van der Waals surface area contributed by atoms with E-state index in [1.54, 1.807) is 6.26 Å². The van der Waals surface area contributed by atoms with E-state index in [4.69, 9.17) is 4.42 Å². The summed E-state index contributed by atoms with van der Waals surface area (Å²) in [6, 6.07) is 4.17. The fourth-order valence-electron chi connectivity index (χ4n) is 3.92. The quantitative estimate of drug-likeness (QED) is 0.856. The zero-order valence-electron chi connectivity index (χ0n) is 12.8. The molecule has 0 aromatic carbocycles. The molecule has 0 saturated carbocycles. The van der Waals surface area contributed by atoms with Crippen molar-refractivity contribution in [1.29, 1.82) is 0 Å². The van der Waals surface area contributed by atoms with Gasteiger partial charge in [-0.1, -0.05) is 6.92 Å². The fourth-order valence-corrected chi connectivity index (χ4v) is 3.92. The molecule has 2 aliphatic rings. The standard InChI is InChI=1S/C16H25N3O2/c1-3-15-14-9-17-7-12(14)10-19(15)11(2)16(20)18-8-13-5-4-6-21-13/h4-6,11-12,14-15,17H,3,7-10H2,1-2H3,(H,18,20). The molecule has 5 heteroatoms. The number of carbonyl (C=O) groups is 1. The van der Waals surface area contributed by atoms with Crippen LogP contribution in [-0.2, 0) is 11.3 Å². The second-order valence-electron chi connectivity index (χ2n) is 6.23. The van der Waals surface area contributed by atoms with E-state index in [9.17, 15) is 4.79 Å². The van der Waals surface area contributed by atoms with E-state index in [-0.39, 0.29) is 11.9 Å². The fraction of sp³-hybridized carbons (Fsp3) is 0.688. The van der Waals surface area contributed by atoms with Gasteiger partial charge in [-0.3, -0.25) is 9.69 Å². The van der Waals surface area contributed by atoms with Gasteiger partial charge in [0.05, 0.1) is 18.8 Å². The molecule has 21 heavy (non-hydrogen) atoms. The summed E-state index contributed by atoms with van der Waals surface area (Å²) in [4.78, 5) is 14.8. The maximum Gasteiger partial charge on any atom is 0.237 e. The summed E-state index contributed by atoms with van der Waals surface area (Å²) in [7, 11) is 0. The number of fused-ring (bicyclic) bond motifs is 1. The van der Waals surface area contributed by atoms with Crippen LogP contribution >= 0.6 is 0 Å². The molecule has 5 nitrogen and oxygen atoms in total. The molecular weight excluding hydrogens is 266 g/mol. The van der Waals surface area contributed by atoms with Gasteiger partial charge in [-0.15, -0.1) is 0 Å². The van der Waals surface area contributed by atoms with Gasteiger partial charge in [0.1, 0.15) is 5.76 Å². The third-order valence-electron chi connectivity index (χ3n) is 5.07. The average Bonchev–Trinajstić information content (AvgIpc) is 3.19. The van der Waals surface area contributed by atoms with Gasteiger partial charge >= 0.3 is 0 Å². The van der Waals surface area contributed by atoms with Gasteiger partial charge in [0, 0.05) is 12.6 Å². The van der Waals surface area contributed by atoms with Gasteiger partial charge in [0.25, 0.3) is 0 Å². The summed E-state index contributed by atoms with van der Waals surface area (Å²) >= 11 is 0. The van der Waals surface area contributed by atoms with Crippen molar-refractivity contribution in [3.8, 4) is 0 Å². The van der Waals surface area contributed by atoms with E-state index in [0.29, 0.717) is 24.4 Å². The Bertz CT molecular complexity index is 474. The van der Waals surface area contributed by atoms with Crippen LogP contribution in [0.25, 0.3) is 0 Å². The van der Waals surface area contributed by atoms with Crippen molar-refractivity contribution in [2.75, 3.05) is 19.6 Å². The SMILES string of the molecule is CCC1C2CNCC2CN1C(C)C(=O)NCc1ccco1. The maximum absolute atomic E-state index is 12.4. The second-order valence-corrected chi connectivity index (χ2v) is 6.23. The van der Waals surface area contributed by atoms with Gasteiger partial charge in [-0.25, -0.2) is 0 Å². The normalized spacial score (nSPS) is 30.3. The molecule has 0 aliphatic carbocycles. The minimum absolute atomic E-state index is 0.0736. The van der Waals surface area contributed by atoms with Crippen LogP contribution in [0.5, 0.6) is 0 Å². The highest BCUT2D eigenvalue weighted by Gasteiger charge is 2.45. The number of rotatable bonds is 5. The first-order valence-corrected chi connectivity index (χ1v) is 7.97. The molecule has 1 aromatic heterocycles. The molecule has 2 fully saturated rings. The van der Waals surface area contributed by atoms with Crippen molar-refractivity contribution >= 4 is 5.91 Å².